The number of hydrogen-bond donors (Lipinski definition) is 4. The van der Waals surface area contributed by atoms with Crippen molar-refractivity contribution in [2.75, 3.05) is 26.2 Å². The van der Waals surface area contributed by atoms with Crippen molar-refractivity contribution in [1.29, 1.82) is 0 Å². The molecule has 1 unspecified atom stereocenters. The Balaban J connectivity index is 1.95. The lowest BCUT2D eigenvalue weighted by Gasteiger charge is -2.39. The molecule has 0 aromatic heterocycles. The van der Waals surface area contributed by atoms with Crippen molar-refractivity contribution in [3.05, 3.63) is 0 Å². The van der Waals surface area contributed by atoms with E-state index in [-0.39, 0.29) is 18.5 Å². The van der Waals surface area contributed by atoms with E-state index >= 15 is 0 Å². The van der Waals surface area contributed by atoms with Crippen LogP contribution in [0.25, 0.3) is 0 Å². The molecule has 0 radical (unpaired) electrons. The van der Waals surface area contributed by atoms with Gasteiger partial charge in [0, 0.05) is 19.6 Å². The third-order valence-corrected chi connectivity index (χ3v) is 3.65. The Labute approximate surface area is 101 Å². The predicted octanol–water partition coefficient (Wildman–Crippen LogP) is -1.98. The summed E-state index contributed by atoms with van der Waals surface area (Å²) in [5.41, 5.74) is 4.59. The third kappa shape index (κ3) is 2.77. The maximum atomic E-state index is 12.2. The predicted molar refractivity (Wildman–Crippen MR) is 62.2 cm³/mol. The Hall–Kier alpha value is -0.690. The van der Waals surface area contributed by atoms with Gasteiger partial charge < -0.3 is 26.2 Å². The molecule has 17 heavy (non-hydrogen) atoms. The van der Waals surface area contributed by atoms with Gasteiger partial charge in [0.05, 0.1) is 24.3 Å². The molecule has 2 aliphatic heterocycles. The molecule has 6 heteroatoms. The van der Waals surface area contributed by atoms with E-state index in [1.54, 1.807) is 4.90 Å². The van der Waals surface area contributed by atoms with Crippen molar-refractivity contribution in [2.24, 2.45) is 5.73 Å². The molecule has 1 amide bonds. The summed E-state index contributed by atoms with van der Waals surface area (Å²) in [5, 5.41) is 22.5. The fourth-order valence-electron chi connectivity index (χ4n) is 2.59. The Morgan fingerprint density at radius 2 is 2.35 bits per heavy atom. The number of piperidine rings is 1. The molecule has 6 nitrogen and oxygen atoms in total. The summed E-state index contributed by atoms with van der Waals surface area (Å²) in [6.07, 6.45) is 1.43. The number of rotatable bonds is 2. The van der Waals surface area contributed by atoms with E-state index in [1.807, 2.05) is 0 Å². The van der Waals surface area contributed by atoms with Crippen LogP contribution >= 0.6 is 0 Å². The minimum absolute atomic E-state index is 0.0341. The number of aliphatic hydroxyl groups excluding tert-OH is 1. The normalized spacial score (nSPS) is 38.4. The van der Waals surface area contributed by atoms with Gasteiger partial charge in [-0.05, 0) is 19.3 Å². The summed E-state index contributed by atoms with van der Waals surface area (Å²) >= 11 is 0. The summed E-state index contributed by atoms with van der Waals surface area (Å²) in [6, 6.07) is -0.315. The molecule has 0 bridgehead atoms. The molecule has 0 saturated carbocycles. The van der Waals surface area contributed by atoms with Crippen LogP contribution in [0.4, 0.5) is 0 Å². The number of nitrogens with one attached hydrogen (secondary N) is 1. The van der Waals surface area contributed by atoms with Crippen LogP contribution < -0.4 is 11.1 Å². The Bertz CT molecular complexity index is 300. The largest absolute Gasteiger partial charge is 0.392 e. The second-order valence-corrected chi connectivity index (χ2v) is 5.14. The van der Waals surface area contributed by atoms with Crippen molar-refractivity contribution < 1.29 is 15.0 Å². The zero-order chi connectivity index (χ0) is 12.5. The Morgan fingerprint density at radius 1 is 1.59 bits per heavy atom. The molecule has 2 fully saturated rings. The number of carbonyl (C=O) groups excluding carboxylic acids is 1. The SMILES string of the molecule is NCC1(O)CCCN(C(=O)[C@H]2C[C@@H](O)CN2)C1. The highest BCUT2D eigenvalue weighted by Gasteiger charge is 2.38. The monoisotopic (exact) mass is 243 g/mol. The number of hydrogen-bond acceptors (Lipinski definition) is 5. The van der Waals surface area contributed by atoms with Crippen LogP contribution in [0.2, 0.25) is 0 Å². The number of aliphatic hydroxyl groups is 2. The quantitative estimate of drug-likeness (QED) is 0.450. The minimum atomic E-state index is -0.939. The standard InChI is InChI=1S/C11H21N3O3/c12-6-11(17)2-1-3-14(7-11)10(16)9-4-8(15)5-13-9/h8-9,13,15,17H,1-7,12H2/t8-,9-,11?/m1/s1. The maximum Gasteiger partial charge on any atom is 0.239 e. The number of β-amino-alcohol motifs (C(OH)–C–C–N with tert-alkyl or cyclic N) is 2. The van der Waals surface area contributed by atoms with Crippen LogP contribution in [-0.2, 0) is 4.79 Å². The second-order valence-electron chi connectivity index (χ2n) is 5.14. The molecular formula is C11H21N3O3. The Kier molecular flexibility index (Phi) is 3.67. The first-order valence-electron chi connectivity index (χ1n) is 6.17. The topological polar surface area (TPSA) is 98.8 Å². The zero-order valence-electron chi connectivity index (χ0n) is 9.93. The fourth-order valence-corrected chi connectivity index (χ4v) is 2.59. The molecule has 2 saturated heterocycles. The molecule has 5 N–H and O–H groups in total. The van der Waals surface area contributed by atoms with Crippen molar-refractivity contribution >= 4 is 5.91 Å². The highest BCUT2D eigenvalue weighted by molar-refractivity contribution is 5.82. The zero-order valence-corrected chi connectivity index (χ0v) is 9.93. The molecule has 2 heterocycles. The van der Waals surface area contributed by atoms with Gasteiger partial charge in [0.15, 0.2) is 0 Å². The molecule has 0 aromatic rings. The highest BCUT2D eigenvalue weighted by atomic mass is 16.3. The number of carbonyl (C=O) groups is 1. The van der Waals surface area contributed by atoms with Crippen LogP contribution in [0.1, 0.15) is 19.3 Å². The third-order valence-electron chi connectivity index (χ3n) is 3.65. The van der Waals surface area contributed by atoms with Gasteiger partial charge in [0.25, 0.3) is 0 Å². The number of nitrogens with zero attached hydrogens (tertiary/aromatic N) is 1. The Morgan fingerprint density at radius 3 is 2.94 bits per heavy atom. The van der Waals surface area contributed by atoms with E-state index in [9.17, 15) is 15.0 Å². The van der Waals surface area contributed by atoms with E-state index in [2.05, 4.69) is 5.32 Å². The van der Waals surface area contributed by atoms with E-state index in [4.69, 9.17) is 5.73 Å². The first kappa shape index (κ1) is 12.8. The van der Waals surface area contributed by atoms with Gasteiger partial charge in [-0.3, -0.25) is 4.79 Å². The van der Waals surface area contributed by atoms with Gasteiger partial charge in [-0.25, -0.2) is 0 Å². The summed E-state index contributed by atoms with van der Waals surface area (Å²) in [4.78, 5) is 13.8. The van der Waals surface area contributed by atoms with Crippen molar-refractivity contribution in [3.8, 4) is 0 Å². The van der Waals surface area contributed by atoms with Crippen molar-refractivity contribution in [1.82, 2.24) is 10.2 Å². The second kappa shape index (κ2) is 4.89. The molecular weight excluding hydrogens is 222 g/mol. The lowest BCUT2D eigenvalue weighted by molar-refractivity contribution is -0.139. The number of likely N-dealkylation sites (tertiary alicyclic amines) is 1. The van der Waals surface area contributed by atoms with E-state index in [0.717, 1.165) is 6.42 Å². The van der Waals surface area contributed by atoms with Crippen LogP contribution in [0.15, 0.2) is 0 Å². The highest BCUT2D eigenvalue weighted by Crippen LogP contribution is 2.21. The van der Waals surface area contributed by atoms with Gasteiger partial charge >= 0.3 is 0 Å². The van der Waals surface area contributed by atoms with Gasteiger partial charge in [-0.1, -0.05) is 0 Å². The molecule has 0 aliphatic carbocycles. The van der Waals surface area contributed by atoms with Crippen molar-refractivity contribution in [3.63, 3.8) is 0 Å². The van der Waals surface area contributed by atoms with Gasteiger partial charge in [-0.2, -0.15) is 0 Å². The summed E-state index contributed by atoms with van der Waals surface area (Å²) in [5.74, 6) is -0.0341. The molecule has 2 rings (SSSR count). The molecule has 3 atom stereocenters. The lowest BCUT2D eigenvalue weighted by Crippen LogP contribution is -2.56. The first-order valence-corrected chi connectivity index (χ1v) is 6.17. The molecule has 2 aliphatic rings. The van der Waals surface area contributed by atoms with Gasteiger partial charge in [0.2, 0.25) is 5.91 Å². The fraction of sp³-hybridized carbons (Fsp3) is 0.909. The smallest absolute Gasteiger partial charge is 0.239 e. The van der Waals surface area contributed by atoms with Crippen molar-refractivity contribution in [2.45, 2.75) is 37.0 Å². The first-order chi connectivity index (χ1) is 8.04. The van der Waals surface area contributed by atoms with Crippen LogP contribution in [-0.4, -0.2) is 64.9 Å². The molecule has 98 valence electrons. The summed E-state index contributed by atoms with van der Waals surface area (Å²) in [7, 11) is 0. The van der Waals surface area contributed by atoms with Gasteiger partial charge in [-0.15, -0.1) is 0 Å². The maximum absolute atomic E-state index is 12.2. The molecule has 0 spiro atoms. The number of nitrogens with two attached hydrogens (primary N) is 1. The average molecular weight is 243 g/mol. The average Bonchev–Trinajstić information content (AvgIpc) is 2.75. The summed E-state index contributed by atoms with van der Waals surface area (Å²) in [6.45, 7) is 1.61. The molecule has 0 aromatic carbocycles. The van der Waals surface area contributed by atoms with Crippen LogP contribution in [0.5, 0.6) is 0 Å². The lowest BCUT2D eigenvalue weighted by atomic mass is 9.92. The van der Waals surface area contributed by atoms with Gasteiger partial charge in [0.1, 0.15) is 0 Å². The van der Waals surface area contributed by atoms with E-state index < -0.39 is 11.7 Å². The van der Waals surface area contributed by atoms with Crippen LogP contribution in [0.3, 0.4) is 0 Å². The van der Waals surface area contributed by atoms with Crippen LogP contribution in [0, 0.1) is 0 Å². The van der Waals surface area contributed by atoms with E-state index in [1.165, 1.54) is 0 Å². The minimum Gasteiger partial charge on any atom is -0.392 e. The summed E-state index contributed by atoms with van der Waals surface area (Å²) < 4.78 is 0. The van der Waals surface area contributed by atoms with E-state index in [0.29, 0.717) is 32.5 Å². The number of amides is 1.